The van der Waals surface area contributed by atoms with E-state index in [1.54, 1.807) is 0 Å². The summed E-state index contributed by atoms with van der Waals surface area (Å²) in [6.07, 6.45) is 0. The van der Waals surface area contributed by atoms with Gasteiger partial charge in [-0.3, -0.25) is 9.78 Å². The first-order chi connectivity index (χ1) is 18.8. The number of nitrogens with one attached hydrogen (secondary N) is 1. The minimum absolute atomic E-state index is 0.264. The summed E-state index contributed by atoms with van der Waals surface area (Å²) < 4.78 is 12.6. The molecule has 2 N–H and O–H groups in total. The maximum atomic E-state index is 14.1. The number of fused-ring (bicyclic) bond motifs is 5. The lowest BCUT2D eigenvalue weighted by atomic mass is 9.69. The second kappa shape index (κ2) is 8.53. The molecule has 0 unspecified atom stereocenters. The molecule has 1 aromatic heterocycles. The zero-order valence-electron chi connectivity index (χ0n) is 22.3. The summed E-state index contributed by atoms with van der Waals surface area (Å²) in [5.41, 5.74) is 2.86. The van der Waals surface area contributed by atoms with Crippen molar-refractivity contribution in [2.45, 2.75) is 37.9 Å². The number of H-pyrrole nitrogens is 1. The van der Waals surface area contributed by atoms with Crippen LogP contribution in [0, 0.1) is 20.8 Å². The Bertz CT molecular complexity index is 1640. The van der Waals surface area contributed by atoms with Crippen LogP contribution in [0.1, 0.15) is 50.6 Å². The van der Waals surface area contributed by atoms with E-state index in [2.05, 4.69) is 11.1 Å². The summed E-state index contributed by atoms with van der Waals surface area (Å²) in [6.45, 7) is 8.36. The zero-order chi connectivity index (χ0) is 26.9. The van der Waals surface area contributed by atoms with Crippen molar-refractivity contribution in [2.24, 2.45) is 0 Å². The molecule has 0 bridgehead atoms. The molecule has 198 valence electrons. The molecule has 1 saturated heterocycles. The van der Waals surface area contributed by atoms with Gasteiger partial charge < -0.3 is 19.5 Å². The van der Waals surface area contributed by atoms with E-state index in [4.69, 9.17) is 14.5 Å². The summed E-state index contributed by atoms with van der Waals surface area (Å²) >= 11 is 0. The van der Waals surface area contributed by atoms with Crippen molar-refractivity contribution in [2.75, 3.05) is 31.2 Å². The van der Waals surface area contributed by atoms with E-state index in [0.29, 0.717) is 54.8 Å². The van der Waals surface area contributed by atoms with Crippen LogP contribution in [-0.2, 0) is 15.9 Å². The van der Waals surface area contributed by atoms with Gasteiger partial charge in [-0.1, -0.05) is 66.2 Å². The average Bonchev–Trinajstić information content (AvgIpc) is 3.32. The van der Waals surface area contributed by atoms with Gasteiger partial charge in [0.25, 0.3) is 5.56 Å². The Morgan fingerprint density at radius 3 is 2.41 bits per heavy atom. The quantitative estimate of drug-likeness (QED) is 0.420. The molecule has 0 amide bonds. The van der Waals surface area contributed by atoms with Crippen LogP contribution in [-0.4, -0.2) is 41.4 Å². The minimum atomic E-state index is -1.71. The summed E-state index contributed by atoms with van der Waals surface area (Å²) in [5.74, 6) is 0.459. The van der Waals surface area contributed by atoms with Crippen LogP contribution in [0.15, 0.2) is 71.5 Å². The fourth-order valence-corrected chi connectivity index (χ4v) is 6.89. The number of anilines is 1. The van der Waals surface area contributed by atoms with Crippen molar-refractivity contribution in [3.63, 3.8) is 0 Å². The van der Waals surface area contributed by atoms with Gasteiger partial charge in [0.05, 0.1) is 30.4 Å². The fraction of sp³-hybridized carbons (Fsp3) is 0.312. The van der Waals surface area contributed by atoms with E-state index in [1.807, 2.05) is 86.3 Å². The number of hydrogen-bond donors (Lipinski definition) is 2. The Labute approximate surface area is 227 Å². The van der Waals surface area contributed by atoms with Crippen molar-refractivity contribution < 1.29 is 14.6 Å². The van der Waals surface area contributed by atoms with Crippen LogP contribution in [0.4, 0.5) is 5.95 Å². The topological polar surface area (TPSA) is 87.7 Å². The Kier molecular flexibility index (Phi) is 5.28. The van der Waals surface area contributed by atoms with E-state index in [-0.39, 0.29) is 5.56 Å². The van der Waals surface area contributed by atoms with Gasteiger partial charge in [0.15, 0.2) is 11.2 Å². The third-order valence-electron chi connectivity index (χ3n) is 8.52. The van der Waals surface area contributed by atoms with Crippen molar-refractivity contribution in [1.29, 1.82) is 0 Å². The molecule has 1 aliphatic carbocycles. The first-order valence-electron chi connectivity index (χ1n) is 13.5. The molecule has 3 heterocycles. The Hall–Kier alpha value is -3.94. The summed E-state index contributed by atoms with van der Waals surface area (Å²) in [7, 11) is 0. The molecule has 0 saturated carbocycles. The maximum absolute atomic E-state index is 14.1. The predicted octanol–water partition coefficient (Wildman–Crippen LogP) is 4.20. The molecule has 39 heavy (non-hydrogen) atoms. The van der Waals surface area contributed by atoms with E-state index >= 15 is 0 Å². The van der Waals surface area contributed by atoms with Crippen LogP contribution in [0.3, 0.4) is 0 Å². The molecule has 3 aliphatic rings. The lowest BCUT2D eigenvalue weighted by Crippen LogP contribution is -2.49. The molecule has 1 fully saturated rings. The zero-order valence-corrected chi connectivity index (χ0v) is 22.3. The highest BCUT2D eigenvalue weighted by molar-refractivity contribution is 5.66. The molecule has 0 radical (unpaired) electrons. The van der Waals surface area contributed by atoms with Crippen LogP contribution in [0.2, 0.25) is 0 Å². The van der Waals surface area contributed by atoms with Gasteiger partial charge >= 0.3 is 0 Å². The first kappa shape index (κ1) is 24.1. The Balaban J connectivity index is 1.60. The van der Waals surface area contributed by atoms with Crippen LogP contribution in [0.25, 0.3) is 0 Å². The monoisotopic (exact) mass is 521 g/mol. The molecule has 4 aromatic rings. The van der Waals surface area contributed by atoms with Crippen LogP contribution < -0.4 is 15.2 Å². The highest BCUT2D eigenvalue weighted by Gasteiger charge is 2.73. The Morgan fingerprint density at radius 2 is 1.69 bits per heavy atom. The van der Waals surface area contributed by atoms with Crippen molar-refractivity contribution in [3.05, 3.63) is 122 Å². The SMILES string of the molecule is Cc1ccc([C@@]23Oc4cc(C)cc(C)c4[C@]2(O)c2nc(N4CCOCC4)[nH]c(=O)c2[C@H]3c2ccccc2)cc1. The highest BCUT2D eigenvalue weighted by Crippen LogP contribution is 2.68. The van der Waals surface area contributed by atoms with Crippen LogP contribution >= 0.6 is 0 Å². The molecule has 3 aromatic carbocycles. The predicted molar refractivity (Wildman–Crippen MR) is 149 cm³/mol. The second-order valence-corrected chi connectivity index (χ2v) is 11.0. The van der Waals surface area contributed by atoms with E-state index in [0.717, 1.165) is 27.8 Å². The van der Waals surface area contributed by atoms with Gasteiger partial charge in [-0.25, -0.2) is 4.98 Å². The molecular weight excluding hydrogens is 490 g/mol. The molecule has 7 rings (SSSR count). The fourth-order valence-electron chi connectivity index (χ4n) is 6.89. The summed E-state index contributed by atoms with van der Waals surface area (Å²) in [5, 5.41) is 13.3. The van der Waals surface area contributed by atoms with Crippen molar-refractivity contribution in [3.8, 4) is 5.75 Å². The lowest BCUT2D eigenvalue weighted by molar-refractivity contribution is -0.0906. The summed E-state index contributed by atoms with van der Waals surface area (Å²) in [4.78, 5) is 24.2. The number of morpholine rings is 1. The number of aromatic nitrogens is 2. The number of benzene rings is 3. The standard InChI is InChI=1S/C32H31N3O4/c1-19-9-11-23(12-10-19)32-27(22-7-5-4-6-8-22)25-28(33-30(34-29(25)36)35-13-15-38-16-14-35)31(32,37)26-21(3)17-20(2)18-24(26)39-32/h4-12,17-18,27,37H,13-16H2,1-3H3,(H,33,34,36)/t27-,31+,32+/m1/s1. The van der Waals surface area contributed by atoms with Gasteiger partial charge in [0, 0.05) is 24.2 Å². The van der Waals surface area contributed by atoms with E-state index < -0.39 is 17.1 Å². The van der Waals surface area contributed by atoms with Crippen LogP contribution in [0.5, 0.6) is 5.75 Å². The lowest BCUT2D eigenvalue weighted by Gasteiger charge is -2.40. The number of aromatic amines is 1. The molecule has 7 nitrogen and oxygen atoms in total. The third-order valence-corrected chi connectivity index (χ3v) is 8.52. The number of rotatable bonds is 3. The molecule has 0 spiro atoms. The number of hydrogen-bond acceptors (Lipinski definition) is 6. The third kappa shape index (κ3) is 3.23. The normalized spacial score (nSPS) is 25.1. The first-order valence-corrected chi connectivity index (χ1v) is 13.5. The van der Waals surface area contributed by atoms with Gasteiger partial charge in [-0.15, -0.1) is 0 Å². The van der Waals surface area contributed by atoms with E-state index in [9.17, 15) is 9.90 Å². The average molecular weight is 522 g/mol. The summed E-state index contributed by atoms with van der Waals surface area (Å²) in [6, 6.07) is 21.9. The van der Waals surface area contributed by atoms with Gasteiger partial charge in [-0.05, 0) is 43.5 Å². The maximum Gasteiger partial charge on any atom is 0.256 e. The van der Waals surface area contributed by atoms with E-state index in [1.165, 1.54) is 0 Å². The number of nitrogens with zero attached hydrogens (tertiary/aromatic N) is 2. The number of aliphatic hydroxyl groups is 1. The smallest absolute Gasteiger partial charge is 0.256 e. The van der Waals surface area contributed by atoms with Gasteiger partial charge in [0.2, 0.25) is 5.95 Å². The van der Waals surface area contributed by atoms with Crippen molar-refractivity contribution in [1.82, 2.24) is 9.97 Å². The molecule has 7 heteroatoms. The second-order valence-electron chi connectivity index (χ2n) is 11.0. The molecular formula is C32H31N3O4. The minimum Gasteiger partial charge on any atom is -0.477 e. The van der Waals surface area contributed by atoms with Gasteiger partial charge in [-0.2, -0.15) is 0 Å². The van der Waals surface area contributed by atoms with Gasteiger partial charge in [0.1, 0.15) is 5.75 Å². The largest absolute Gasteiger partial charge is 0.477 e. The molecule has 2 aliphatic heterocycles. The number of aryl methyl sites for hydroxylation is 3. The number of ether oxygens (including phenoxy) is 2. The van der Waals surface area contributed by atoms with Crippen molar-refractivity contribution >= 4 is 5.95 Å². The highest BCUT2D eigenvalue weighted by atomic mass is 16.5. The Morgan fingerprint density at radius 1 is 0.974 bits per heavy atom. The molecule has 3 atom stereocenters.